The third-order valence-corrected chi connectivity index (χ3v) is 2.09. The number of methoxy groups -OCH3 is 1. The minimum absolute atomic E-state index is 0.156. The molecular formula is C10H17N5O2. The predicted molar refractivity (Wildman–Crippen MR) is 64.5 cm³/mol. The largest absolute Gasteiger partial charge is 0.481 e. The maximum atomic E-state index is 10.5. The van der Waals surface area contributed by atoms with Gasteiger partial charge in [-0.05, 0) is 12.8 Å². The molecule has 7 heteroatoms. The van der Waals surface area contributed by atoms with Gasteiger partial charge in [0.2, 0.25) is 17.7 Å². The van der Waals surface area contributed by atoms with E-state index >= 15 is 0 Å². The van der Waals surface area contributed by atoms with Gasteiger partial charge in [0, 0.05) is 19.0 Å². The number of unbranched alkanes of at least 4 members (excludes halogenated alkanes) is 1. The van der Waals surface area contributed by atoms with Crippen LogP contribution in [0, 0.1) is 0 Å². The molecule has 0 fully saturated rings. The number of primary amides is 1. The van der Waals surface area contributed by atoms with E-state index in [2.05, 4.69) is 15.3 Å². The number of anilines is 2. The number of aromatic nitrogens is 2. The molecule has 0 saturated heterocycles. The van der Waals surface area contributed by atoms with Crippen LogP contribution in [0.5, 0.6) is 5.88 Å². The Balaban J connectivity index is 2.36. The molecule has 0 aliphatic carbocycles. The Morgan fingerprint density at radius 1 is 1.47 bits per heavy atom. The molecule has 7 nitrogen and oxygen atoms in total. The summed E-state index contributed by atoms with van der Waals surface area (Å²) in [6.45, 7) is 0.687. The minimum Gasteiger partial charge on any atom is -0.481 e. The average molecular weight is 239 g/mol. The van der Waals surface area contributed by atoms with Crippen molar-refractivity contribution < 1.29 is 9.53 Å². The Morgan fingerprint density at radius 2 is 2.24 bits per heavy atom. The summed E-state index contributed by atoms with van der Waals surface area (Å²) in [6.07, 6.45) is 1.98. The van der Waals surface area contributed by atoms with E-state index in [1.54, 1.807) is 6.07 Å². The van der Waals surface area contributed by atoms with Crippen LogP contribution in [0.1, 0.15) is 19.3 Å². The second kappa shape index (κ2) is 6.51. The predicted octanol–water partition coefficient (Wildman–Crippen LogP) is 0.135. The average Bonchev–Trinajstić information content (AvgIpc) is 2.27. The zero-order valence-electron chi connectivity index (χ0n) is 9.77. The minimum atomic E-state index is -0.280. The van der Waals surface area contributed by atoms with Crippen molar-refractivity contribution in [3.05, 3.63) is 6.07 Å². The summed E-state index contributed by atoms with van der Waals surface area (Å²) in [5.41, 5.74) is 10.5. The number of hydrogen-bond donors (Lipinski definition) is 3. The maximum absolute atomic E-state index is 10.5. The molecule has 1 heterocycles. The molecule has 0 bridgehead atoms. The van der Waals surface area contributed by atoms with Crippen LogP contribution in [0.15, 0.2) is 6.07 Å². The number of carbonyl (C=O) groups excluding carboxylic acids is 1. The van der Waals surface area contributed by atoms with Crippen LogP contribution in [0.3, 0.4) is 0 Å². The van der Waals surface area contributed by atoms with Crippen molar-refractivity contribution in [3.63, 3.8) is 0 Å². The molecule has 17 heavy (non-hydrogen) atoms. The lowest BCUT2D eigenvalue weighted by molar-refractivity contribution is -0.118. The van der Waals surface area contributed by atoms with Gasteiger partial charge < -0.3 is 21.5 Å². The van der Waals surface area contributed by atoms with Crippen LogP contribution in [-0.4, -0.2) is 29.5 Å². The number of hydrogen-bond acceptors (Lipinski definition) is 6. The van der Waals surface area contributed by atoms with Gasteiger partial charge in [-0.3, -0.25) is 4.79 Å². The van der Waals surface area contributed by atoms with Crippen molar-refractivity contribution in [1.29, 1.82) is 0 Å². The Morgan fingerprint density at radius 3 is 2.88 bits per heavy atom. The van der Waals surface area contributed by atoms with E-state index in [1.807, 2.05) is 0 Å². The first-order chi connectivity index (χ1) is 8.11. The molecule has 1 aromatic heterocycles. The van der Waals surface area contributed by atoms with Crippen LogP contribution in [-0.2, 0) is 4.79 Å². The molecule has 0 unspecified atom stereocenters. The molecule has 94 valence electrons. The van der Waals surface area contributed by atoms with Crippen LogP contribution in [0.25, 0.3) is 0 Å². The van der Waals surface area contributed by atoms with Crippen molar-refractivity contribution in [3.8, 4) is 5.88 Å². The fourth-order valence-corrected chi connectivity index (χ4v) is 1.28. The van der Waals surface area contributed by atoms with E-state index in [1.165, 1.54) is 7.11 Å². The lowest BCUT2D eigenvalue weighted by Gasteiger charge is -2.07. The van der Waals surface area contributed by atoms with Crippen LogP contribution in [0.4, 0.5) is 11.8 Å². The lowest BCUT2D eigenvalue weighted by Crippen LogP contribution is -2.11. The first kappa shape index (κ1) is 13.0. The van der Waals surface area contributed by atoms with Crippen molar-refractivity contribution in [2.45, 2.75) is 19.3 Å². The maximum Gasteiger partial charge on any atom is 0.225 e. The number of amides is 1. The molecule has 1 amide bonds. The van der Waals surface area contributed by atoms with Gasteiger partial charge in [0.05, 0.1) is 7.11 Å². The second-order valence-electron chi connectivity index (χ2n) is 3.50. The molecule has 0 atom stereocenters. The number of nitrogens with zero attached hydrogens (tertiary/aromatic N) is 2. The number of carbonyl (C=O) groups is 1. The van der Waals surface area contributed by atoms with E-state index in [9.17, 15) is 4.79 Å². The lowest BCUT2D eigenvalue weighted by atomic mass is 10.2. The molecule has 1 rings (SSSR count). The smallest absolute Gasteiger partial charge is 0.225 e. The molecule has 0 radical (unpaired) electrons. The van der Waals surface area contributed by atoms with Crippen LogP contribution in [0.2, 0.25) is 0 Å². The Bertz CT molecular complexity index is 383. The standard InChI is InChI=1S/C10H17N5O2/c1-17-9-6-8(14-10(12)15-9)13-5-3-2-4-7(11)16/h6H,2-5H2,1H3,(H2,11,16)(H3,12,13,14,15). The molecule has 0 aliphatic rings. The summed E-state index contributed by atoms with van der Waals surface area (Å²) in [6, 6.07) is 1.66. The summed E-state index contributed by atoms with van der Waals surface area (Å²) in [5.74, 6) is 0.896. The van der Waals surface area contributed by atoms with Gasteiger partial charge in [-0.15, -0.1) is 0 Å². The fraction of sp³-hybridized carbons (Fsp3) is 0.500. The van der Waals surface area contributed by atoms with Gasteiger partial charge in [-0.25, -0.2) is 0 Å². The number of ether oxygens (including phenoxy) is 1. The third-order valence-electron chi connectivity index (χ3n) is 2.09. The highest BCUT2D eigenvalue weighted by atomic mass is 16.5. The molecule has 0 spiro atoms. The summed E-state index contributed by atoms with van der Waals surface area (Å²) in [4.78, 5) is 18.4. The second-order valence-corrected chi connectivity index (χ2v) is 3.50. The number of nitrogens with two attached hydrogens (primary N) is 2. The molecule has 0 aliphatic heterocycles. The van der Waals surface area contributed by atoms with Crippen molar-refractivity contribution >= 4 is 17.7 Å². The van der Waals surface area contributed by atoms with Gasteiger partial charge in [-0.2, -0.15) is 9.97 Å². The highest BCUT2D eigenvalue weighted by molar-refractivity contribution is 5.73. The summed E-state index contributed by atoms with van der Waals surface area (Å²) in [7, 11) is 1.51. The van der Waals surface area contributed by atoms with E-state index in [0.717, 1.165) is 12.8 Å². The summed E-state index contributed by atoms with van der Waals surface area (Å²) in [5, 5.41) is 3.07. The first-order valence-electron chi connectivity index (χ1n) is 5.32. The Hall–Kier alpha value is -2.05. The van der Waals surface area contributed by atoms with Crippen LogP contribution < -0.4 is 21.5 Å². The Labute approximate surface area is 99.6 Å². The molecule has 0 saturated carbocycles. The summed E-state index contributed by atoms with van der Waals surface area (Å²) >= 11 is 0. The summed E-state index contributed by atoms with van der Waals surface area (Å²) < 4.78 is 4.96. The molecule has 0 aromatic carbocycles. The van der Waals surface area contributed by atoms with E-state index < -0.39 is 0 Å². The molecule has 5 N–H and O–H groups in total. The van der Waals surface area contributed by atoms with Gasteiger partial charge in [-0.1, -0.05) is 0 Å². The highest BCUT2D eigenvalue weighted by Gasteiger charge is 2.01. The molecule has 1 aromatic rings. The van der Waals surface area contributed by atoms with Crippen molar-refractivity contribution in [2.75, 3.05) is 24.7 Å². The zero-order chi connectivity index (χ0) is 12.7. The number of nitrogens with one attached hydrogen (secondary N) is 1. The van der Waals surface area contributed by atoms with Crippen LogP contribution >= 0.6 is 0 Å². The molecular weight excluding hydrogens is 222 g/mol. The highest BCUT2D eigenvalue weighted by Crippen LogP contribution is 2.13. The normalized spacial score (nSPS) is 9.94. The monoisotopic (exact) mass is 239 g/mol. The fourth-order valence-electron chi connectivity index (χ4n) is 1.28. The topological polar surface area (TPSA) is 116 Å². The van der Waals surface area contributed by atoms with Gasteiger partial charge in [0.15, 0.2) is 0 Å². The first-order valence-corrected chi connectivity index (χ1v) is 5.32. The van der Waals surface area contributed by atoms with Gasteiger partial charge >= 0.3 is 0 Å². The van der Waals surface area contributed by atoms with Crippen molar-refractivity contribution in [1.82, 2.24) is 9.97 Å². The van der Waals surface area contributed by atoms with E-state index in [0.29, 0.717) is 24.7 Å². The number of nitrogen functional groups attached to an aromatic ring is 1. The SMILES string of the molecule is COc1cc(NCCCCC(N)=O)nc(N)n1. The Kier molecular flexibility index (Phi) is 4.99. The zero-order valence-corrected chi connectivity index (χ0v) is 9.77. The number of rotatable bonds is 7. The van der Waals surface area contributed by atoms with Gasteiger partial charge in [0.1, 0.15) is 5.82 Å². The van der Waals surface area contributed by atoms with E-state index in [4.69, 9.17) is 16.2 Å². The quantitative estimate of drug-likeness (QED) is 0.582. The van der Waals surface area contributed by atoms with Gasteiger partial charge in [0.25, 0.3) is 0 Å². The third kappa shape index (κ3) is 5.01. The van der Waals surface area contributed by atoms with E-state index in [-0.39, 0.29) is 11.9 Å². The van der Waals surface area contributed by atoms with Crippen molar-refractivity contribution in [2.24, 2.45) is 5.73 Å².